The Bertz CT molecular complexity index is 999. The number of ether oxygens (including phenoxy) is 2. The lowest BCUT2D eigenvalue weighted by molar-refractivity contribution is -0.123. The first-order valence-electron chi connectivity index (χ1n) is 8.35. The maximum Gasteiger partial charge on any atom is 0.338 e. The van der Waals surface area contributed by atoms with Crippen molar-refractivity contribution in [2.24, 2.45) is 0 Å². The summed E-state index contributed by atoms with van der Waals surface area (Å²) in [6.07, 6.45) is -0.988. The fraction of sp³-hybridized carbons (Fsp3) is 0.143. The van der Waals surface area contributed by atoms with Crippen LogP contribution in [-0.4, -0.2) is 30.2 Å². The van der Waals surface area contributed by atoms with Crippen LogP contribution in [0.5, 0.6) is 11.5 Å². The molecule has 1 amide bonds. The molecule has 0 aliphatic carbocycles. The number of aromatic hydroxyl groups is 1. The van der Waals surface area contributed by atoms with Crippen LogP contribution in [-0.2, 0) is 9.53 Å². The van der Waals surface area contributed by atoms with Crippen LogP contribution in [0, 0.1) is 0 Å². The lowest BCUT2D eigenvalue weighted by Gasteiger charge is -2.15. The zero-order valence-corrected chi connectivity index (χ0v) is 14.9. The molecule has 0 aromatic heterocycles. The number of methoxy groups -OCH3 is 1. The number of para-hydroxylation sites is 2. The van der Waals surface area contributed by atoms with Gasteiger partial charge in [0.15, 0.2) is 6.10 Å². The number of rotatable bonds is 5. The molecule has 0 aliphatic rings. The first kappa shape index (κ1) is 18.3. The molecule has 0 saturated carbocycles. The molecule has 0 unspecified atom stereocenters. The summed E-state index contributed by atoms with van der Waals surface area (Å²) in [6, 6.07) is 16.8. The average Bonchev–Trinajstić information content (AvgIpc) is 2.67. The van der Waals surface area contributed by atoms with Gasteiger partial charge in [0.25, 0.3) is 5.91 Å². The number of benzene rings is 3. The van der Waals surface area contributed by atoms with Crippen LogP contribution < -0.4 is 10.1 Å². The van der Waals surface area contributed by atoms with Gasteiger partial charge in [-0.2, -0.15) is 0 Å². The lowest BCUT2D eigenvalue weighted by Crippen LogP contribution is -2.30. The van der Waals surface area contributed by atoms with E-state index in [1.807, 2.05) is 0 Å². The average molecular weight is 365 g/mol. The number of anilines is 1. The third-order valence-corrected chi connectivity index (χ3v) is 4.08. The van der Waals surface area contributed by atoms with Crippen molar-refractivity contribution in [1.29, 1.82) is 0 Å². The monoisotopic (exact) mass is 365 g/mol. The van der Waals surface area contributed by atoms with Crippen LogP contribution in [0.3, 0.4) is 0 Å². The van der Waals surface area contributed by atoms with Crippen LogP contribution in [0.2, 0.25) is 0 Å². The van der Waals surface area contributed by atoms with Gasteiger partial charge in [-0.3, -0.25) is 4.79 Å². The number of fused-ring (bicyclic) bond motifs is 1. The predicted octanol–water partition coefficient (Wildman–Crippen LogP) is 3.74. The summed E-state index contributed by atoms with van der Waals surface area (Å²) in [7, 11) is 1.51. The maximum absolute atomic E-state index is 12.4. The van der Waals surface area contributed by atoms with E-state index >= 15 is 0 Å². The molecule has 3 aromatic carbocycles. The predicted molar refractivity (Wildman–Crippen MR) is 102 cm³/mol. The molecule has 138 valence electrons. The van der Waals surface area contributed by atoms with Gasteiger partial charge in [-0.1, -0.05) is 24.3 Å². The Morgan fingerprint density at radius 2 is 1.70 bits per heavy atom. The summed E-state index contributed by atoms with van der Waals surface area (Å²) in [5.41, 5.74) is 0.823. The van der Waals surface area contributed by atoms with Gasteiger partial charge in [-0.25, -0.2) is 4.79 Å². The second-order valence-corrected chi connectivity index (χ2v) is 5.98. The highest BCUT2D eigenvalue weighted by molar-refractivity contribution is 5.99. The number of phenolic OH excluding ortho intramolecular Hbond substituents is 1. The van der Waals surface area contributed by atoms with Gasteiger partial charge in [-0.15, -0.1) is 0 Å². The molecule has 6 heteroatoms. The summed E-state index contributed by atoms with van der Waals surface area (Å²) >= 11 is 0. The van der Waals surface area contributed by atoms with Crippen molar-refractivity contribution in [2.45, 2.75) is 13.0 Å². The van der Waals surface area contributed by atoms with Crippen molar-refractivity contribution in [3.63, 3.8) is 0 Å². The van der Waals surface area contributed by atoms with Gasteiger partial charge < -0.3 is 19.9 Å². The Kier molecular flexibility index (Phi) is 5.26. The third kappa shape index (κ3) is 4.17. The zero-order chi connectivity index (χ0) is 19.4. The number of hydrogen-bond acceptors (Lipinski definition) is 5. The normalized spacial score (nSPS) is 11.6. The molecule has 3 aromatic rings. The standard InChI is InChI=1S/C21H19NO5/c1-13(20(24)22-18-5-3-4-6-19(18)26-2)27-21(25)16-8-7-15-12-17(23)10-9-14(15)11-16/h3-13,23H,1-2H3,(H,22,24)/t13-/m1/s1. The van der Waals surface area contributed by atoms with E-state index in [0.29, 0.717) is 17.0 Å². The van der Waals surface area contributed by atoms with Crippen LogP contribution in [0.1, 0.15) is 17.3 Å². The summed E-state index contributed by atoms with van der Waals surface area (Å²) < 4.78 is 10.5. The Morgan fingerprint density at radius 1 is 1.00 bits per heavy atom. The van der Waals surface area contributed by atoms with Crippen LogP contribution in [0.25, 0.3) is 10.8 Å². The summed E-state index contributed by atoms with van der Waals surface area (Å²) in [5, 5.41) is 13.8. The Balaban J connectivity index is 1.69. The van der Waals surface area contributed by atoms with Gasteiger partial charge >= 0.3 is 5.97 Å². The first-order valence-corrected chi connectivity index (χ1v) is 8.35. The van der Waals surface area contributed by atoms with Gasteiger partial charge in [-0.05, 0) is 54.1 Å². The molecule has 2 N–H and O–H groups in total. The van der Waals surface area contributed by atoms with E-state index in [1.54, 1.807) is 60.7 Å². The number of carbonyl (C=O) groups excluding carboxylic acids is 2. The maximum atomic E-state index is 12.4. The molecule has 0 radical (unpaired) electrons. The molecule has 0 fully saturated rings. The highest BCUT2D eigenvalue weighted by Gasteiger charge is 2.20. The number of carbonyl (C=O) groups is 2. The van der Waals surface area contributed by atoms with Crippen molar-refractivity contribution in [3.8, 4) is 11.5 Å². The minimum atomic E-state index is -0.988. The largest absolute Gasteiger partial charge is 0.508 e. The SMILES string of the molecule is COc1ccccc1NC(=O)[C@@H](C)OC(=O)c1ccc2cc(O)ccc2c1. The summed E-state index contributed by atoms with van der Waals surface area (Å²) in [5.74, 6) is -0.396. The topological polar surface area (TPSA) is 84.9 Å². The third-order valence-electron chi connectivity index (χ3n) is 4.08. The molecular weight excluding hydrogens is 346 g/mol. The van der Waals surface area contributed by atoms with E-state index in [4.69, 9.17) is 9.47 Å². The molecular formula is C21H19NO5. The van der Waals surface area contributed by atoms with Crippen molar-refractivity contribution in [3.05, 3.63) is 66.2 Å². The molecule has 0 bridgehead atoms. The zero-order valence-electron chi connectivity index (χ0n) is 14.9. The number of phenols is 1. The molecule has 0 heterocycles. The second-order valence-electron chi connectivity index (χ2n) is 5.98. The van der Waals surface area contributed by atoms with E-state index in [0.717, 1.165) is 10.8 Å². The quantitative estimate of drug-likeness (QED) is 0.673. The van der Waals surface area contributed by atoms with E-state index in [9.17, 15) is 14.7 Å². The van der Waals surface area contributed by atoms with Crippen molar-refractivity contribution >= 4 is 28.3 Å². The minimum Gasteiger partial charge on any atom is -0.508 e. The number of nitrogens with one attached hydrogen (secondary N) is 1. The molecule has 27 heavy (non-hydrogen) atoms. The summed E-state index contributed by atoms with van der Waals surface area (Å²) in [6.45, 7) is 1.50. The van der Waals surface area contributed by atoms with Gasteiger partial charge in [0.2, 0.25) is 0 Å². The minimum absolute atomic E-state index is 0.152. The van der Waals surface area contributed by atoms with Crippen molar-refractivity contribution < 1.29 is 24.2 Å². The van der Waals surface area contributed by atoms with Crippen molar-refractivity contribution in [1.82, 2.24) is 0 Å². The van der Waals surface area contributed by atoms with Gasteiger partial charge in [0.1, 0.15) is 11.5 Å². The fourth-order valence-corrected chi connectivity index (χ4v) is 2.62. The van der Waals surface area contributed by atoms with E-state index in [-0.39, 0.29) is 5.75 Å². The molecule has 0 saturated heterocycles. The number of esters is 1. The van der Waals surface area contributed by atoms with Crippen LogP contribution >= 0.6 is 0 Å². The van der Waals surface area contributed by atoms with Crippen LogP contribution in [0.4, 0.5) is 5.69 Å². The Hall–Kier alpha value is -3.54. The highest BCUT2D eigenvalue weighted by Crippen LogP contribution is 2.24. The van der Waals surface area contributed by atoms with Gasteiger partial charge in [0.05, 0.1) is 18.4 Å². The van der Waals surface area contributed by atoms with E-state index in [2.05, 4.69) is 5.32 Å². The fourth-order valence-electron chi connectivity index (χ4n) is 2.62. The molecule has 0 spiro atoms. The first-order chi connectivity index (χ1) is 13.0. The molecule has 0 aliphatic heterocycles. The van der Waals surface area contributed by atoms with Crippen molar-refractivity contribution in [2.75, 3.05) is 12.4 Å². The smallest absolute Gasteiger partial charge is 0.338 e. The molecule has 1 atom stereocenters. The lowest BCUT2D eigenvalue weighted by atomic mass is 10.1. The Morgan fingerprint density at radius 3 is 2.48 bits per heavy atom. The Labute approximate surface area is 156 Å². The molecule has 6 nitrogen and oxygen atoms in total. The summed E-state index contributed by atoms with van der Waals surface area (Å²) in [4.78, 5) is 24.7. The highest BCUT2D eigenvalue weighted by atomic mass is 16.5. The van der Waals surface area contributed by atoms with Gasteiger partial charge in [0, 0.05) is 0 Å². The number of hydrogen-bond donors (Lipinski definition) is 2. The molecule has 3 rings (SSSR count). The van der Waals surface area contributed by atoms with E-state index in [1.165, 1.54) is 14.0 Å². The van der Waals surface area contributed by atoms with E-state index < -0.39 is 18.0 Å². The second kappa shape index (κ2) is 7.78. The number of amides is 1. The van der Waals surface area contributed by atoms with Crippen LogP contribution in [0.15, 0.2) is 60.7 Å².